The van der Waals surface area contributed by atoms with Crippen LogP contribution in [0.25, 0.3) is 39.3 Å². The van der Waals surface area contributed by atoms with Crippen LogP contribution in [0.1, 0.15) is 0 Å². The van der Waals surface area contributed by atoms with Crippen molar-refractivity contribution in [3.63, 3.8) is 0 Å². The Labute approximate surface area is 166 Å². The van der Waals surface area contributed by atoms with E-state index >= 15 is 0 Å². The predicted octanol–water partition coefficient (Wildman–Crippen LogP) is 3.57. The normalized spacial score (nSPS) is 11.4. The number of anilines is 1. The minimum atomic E-state index is -0.365. The highest BCUT2D eigenvalue weighted by Gasteiger charge is 2.19. The van der Waals surface area contributed by atoms with Crippen molar-refractivity contribution in [2.75, 3.05) is 19.0 Å². The molecule has 5 aromatic rings. The topological polar surface area (TPSA) is 64.7 Å². The molecular formula is C21H18FN7. The Morgan fingerprint density at radius 2 is 1.83 bits per heavy atom. The summed E-state index contributed by atoms with van der Waals surface area (Å²) >= 11 is 0. The van der Waals surface area contributed by atoms with Gasteiger partial charge in [0.2, 0.25) is 5.95 Å². The monoisotopic (exact) mass is 387 g/mol. The number of fused-ring (bicyclic) bond motifs is 2. The van der Waals surface area contributed by atoms with Crippen molar-refractivity contribution in [1.82, 2.24) is 29.1 Å². The van der Waals surface area contributed by atoms with Gasteiger partial charge in [-0.3, -0.25) is 4.57 Å². The van der Waals surface area contributed by atoms with Gasteiger partial charge in [-0.15, -0.1) is 0 Å². The lowest BCUT2D eigenvalue weighted by Gasteiger charge is -2.12. The highest BCUT2D eigenvalue weighted by Crippen LogP contribution is 2.31. The molecule has 144 valence electrons. The van der Waals surface area contributed by atoms with Gasteiger partial charge in [-0.05, 0) is 24.3 Å². The van der Waals surface area contributed by atoms with Crippen LogP contribution in [-0.2, 0) is 7.05 Å². The summed E-state index contributed by atoms with van der Waals surface area (Å²) in [5, 5.41) is 0.375. The molecule has 0 N–H and O–H groups in total. The Morgan fingerprint density at radius 1 is 1.00 bits per heavy atom. The van der Waals surface area contributed by atoms with Gasteiger partial charge in [-0.2, -0.15) is 4.98 Å². The van der Waals surface area contributed by atoms with Crippen molar-refractivity contribution in [2.24, 2.45) is 7.05 Å². The van der Waals surface area contributed by atoms with E-state index in [1.165, 1.54) is 6.20 Å². The van der Waals surface area contributed by atoms with Crippen LogP contribution in [0.3, 0.4) is 0 Å². The van der Waals surface area contributed by atoms with Crippen molar-refractivity contribution in [2.45, 2.75) is 0 Å². The number of imidazole rings is 1. The maximum Gasteiger partial charge on any atom is 0.238 e. The number of hydrogen-bond donors (Lipinski definition) is 0. The molecule has 0 radical (unpaired) electrons. The predicted molar refractivity (Wildman–Crippen MR) is 111 cm³/mol. The van der Waals surface area contributed by atoms with E-state index in [-0.39, 0.29) is 5.82 Å². The van der Waals surface area contributed by atoms with Crippen LogP contribution in [-0.4, -0.2) is 43.2 Å². The average Bonchev–Trinajstić information content (AvgIpc) is 3.28. The van der Waals surface area contributed by atoms with Crippen LogP contribution in [0.2, 0.25) is 0 Å². The number of aryl methyl sites for hydroxylation is 1. The van der Waals surface area contributed by atoms with E-state index in [1.807, 2.05) is 60.0 Å². The van der Waals surface area contributed by atoms with E-state index in [1.54, 1.807) is 24.1 Å². The van der Waals surface area contributed by atoms with Crippen molar-refractivity contribution < 1.29 is 4.39 Å². The van der Waals surface area contributed by atoms with E-state index < -0.39 is 0 Å². The molecular weight excluding hydrogens is 369 g/mol. The molecule has 29 heavy (non-hydrogen) atoms. The van der Waals surface area contributed by atoms with Crippen LogP contribution >= 0.6 is 0 Å². The fourth-order valence-electron chi connectivity index (χ4n) is 3.43. The van der Waals surface area contributed by atoms with Gasteiger partial charge in [0.05, 0.1) is 22.1 Å². The molecule has 7 nitrogen and oxygen atoms in total. The number of hydrogen-bond acceptors (Lipinski definition) is 5. The molecule has 0 aliphatic heterocycles. The Morgan fingerprint density at radius 3 is 2.59 bits per heavy atom. The molecule has 4 heterocycles. The molecule has 0 amide bonds. The second kappa shape index (κ2) is 6.37. The third kappa shape index (κ3) is 2.72. The summed E-state index contributed by atoms with van der Waals surface area (Å²) in [6, 6.07) is 11.5. The van der Waals surface area contributed by atoms with E-state index in [2.05, 4.69) is 15.0 Å². The number of para-hydroxylation sites is 2. The van der Waals surface area contributed by atoms with Gasteiger partial charge in [0, 0.05) is 39.1 Å². The van der Waals surface area contributed by atoms with Crippen molar-refractivity contribution in [3.05, 3.63) is 60.9 Å². The van der Waals surface area contributed by atoms with Crippen molar-refractivity contribution >= 4 is 27.9 Å². The van der Waals surface area contributed by atoms with Crippen LogP contribution in [0.15, 0.2) is 55.1 Å². The van der Waals surface area contributed by atoms with Crippen molar-refractivity contribution in [3.8, 4) is 17.2 Å². The van der Waals surface area contributed by atoms with Crippen LogP contribution in [0.4, 0.5) is 10.2 Å². The molecule has 0 unspecified atom stereocenters. The Hall–Kier alpha value is -3.81. The number of aromatic nitrogens is 6. The van der Waals surface area contributed by atoms with E-state index in [4.69, 9.17) is 4.98 Å². The molecule has 1 aromatic carbocycles. The molecule has 0 aliphatic rings. The molecule has 4 aromatic heterocycles. The van der Waals surface area contributed by atoms with Gasteiger partial charge in [0.15, 0.2) is 5.82 Å². The highest BCUT2D eigenvalue weighted by molar-refractivity contribution is 5.92. The van der Waals surface area contributed by atoms with Crippen LogP contribution < -0.4 is 4.90 Å². The second-order valence-electron chi connectivity index (χ2n) is 7.06. The Balaban J connectivity index is 1.78. The number of rotatable bonds is 3. The molecule has 0 saturated carbocycles. The van der Waals surface area contributed by atoms with Gasteiger partial charge in [-0.1, -0.05) is 12.1 Å². The molecule has 0 saturated heterocycles. The lowest BCUT2D eigenvalue weighted by atomic mass is 10.1. The third-order valence-electron chi connectivity index (χ3n) is 4.91. The first-order valence-corrected chi connectivity index (χ1v) is 9.11. The fraction of sp³-hybridized carbons (Fsp3) is 0.143. The molecule has 0 spiro atoms. The smallest absolute Gasteiger partial charge is 0.238 e. The lowest BCUT2D eigenvalue weighted by Crippen LogP contribution is -2.10. The van der Waals surface area contributed by atoms with E-state index in [9.17, 15) is 4.39 Å². The molecule has 8 heteroatoms. The van der Waals surface area contributed by atoms with Gasteiger partial charge in [0.25, 0.3) is 0 Å². The number of nitrogens with zero attached hydrogens (tertiary/aromatic N) is 7. The summed E-state index contributed by atoms with van der Waals surface area (Å²) in [6.07, 6.45) is 4.81. The number of benzene rings is 1. The first-order valence-electron chi connectivity index (χ1n) is 9.11. The average molecular weight is 387 g/mol. The maximum atomic E-state index is 14.7. The zero-order valence-corrected chi connectivity index (χ0v) is 16.2. The first kappa shape index (κ1) is 17.3. The molecule has 5 rings (SSSR count). The Bertz CT molecular complexity index is 1350. The maximum absolute atomic E-state index is 14.7. The zero-order valence-electron chi connectivity index (χ0n) is 16.2. The van der Waals surface area contributed by atoms with E-state index in [0.717, 1.165) is 22.4 Å². The second-order valence-corrected chi connectivity index (χ2v) is 7.06. The lowest BCUT2D eigenvalue weighted by molar-refractivity contribution is 0.633. The van der Waals surface area contributed by atoms with Gasteiger partial charge in [0.1, 0.15) is 17.8 Å². The molecule has 0 fully saturated rings. The van der Waals surface area contributed by atoms with Gasteiger partial charge in [-0.25, -0.2) is 19.3 Å². The summed E-state index contributed by atoms with van der Waals surface area (Å²) in [6.45, 7) is 0. The van der Waals surface area contributed by atoms with Crippen LogP contribution in [0, 0.1) is 5.82 Å². The summed E-state index contributed by atoms with van der Waals surface area (Å²) in [5.74, 6) is 0.878. The minimum absolute atomic E-state index is 0.365. The fourth-order valence-corrected chi connectivity index (χ4v) is 3.43. The zero-order chi connectivity index (χ0) is 20.1. The number of halogens is 1. The standard InChI is InChI=1S/C21H18FN7/c1-27(2)17-9-8-13(10-23-17)19-18-14(22)11-28(3)20(18)26-21(25-19)29-12-24-15-6-4-5-7-16(15)29/h4-12H,1-3H3. The van der Waals surface area contributed by atoms with Gasteiger partial charge < -0.3 is 9.47 Å². The number of pyridine rings is 1. The van der Waals surface area contributed by atoms with Crippen molar-refractivity contribution in [1.29, 1.82) is 0 Å². The molecule has 0 atom stereocenters. The minimum Gasteiger partial charge on any atom is -0.363 e. The highest BCUT2D eigenvalue weighted by atomic mass is 19.1. The molecule has 0 aliphatic carbocycles. The summed E-state index contributed by atoms with van der Waals surface area (Å²) in [7, 11) is 5.61. The molecule has 0 bridgehead atoms. The summed E-state index contributed by atoms with van der Waals surface area (Å²) in [5.41, 5.74) is 3.45. The first-order chi connectivity index (χ1) is 14.0. The summed E-state index contributed by atoms with van der Waals surface area (Å²) < 4.78 is 18.2. The van der Waals surface area contributed by atoms with E-state index in [0.29, 0.717) is 22.7 Å². The van der Waals surface area contributed by atoms with Gasteiger partial charge >= 0.3 is 0 Å². The summed E-state index contributed by atoms with van der Waals surface area (Å²) in [4.78, 5) is 20.1. The third-order valence-corrected chi connectivity index (χ3v) is 4.91. The SMILES string of the molecule is CN(C)c1ccc(-c2nc(-n3cnc4ccccc43)nc3c2c(F)cn3C)cn1. The largest absolute Gasteiger partial charge is 0.363 e. The van der Waals surface area contributed by atoms with Crippen LogP contribution in [0.5, 0.6) is 0 Å². The quantitative estimate of drug-likeness (QED) is 0.474. The Kier molecular flexibility index (Phi) is 3.80.